The summed E-state index contributed by atoms with van der Waals surface area (Å²) < 4.78 is 19.0. The molecule has 1 aliphatic heterocycles. The number of hydrogen-bond acceptors (Lipinski definition) is 8. The second kappa shape index (κ2) is 14.2. The number of aromatic nitrogens is 1. The fourth-order valence-corrected chi connectivity index (χ4v) is 5.23. The molecule has 2 heterocycles. The number of benzene rings is 1. The molecule has 0 bridgehead atoms. The summed E-state index contributed by atoms with van der Waals surface area (Å²) in [5.74, 6) is 5.93. The summed E-state index contributed by atoms with van der Waals surface area (Å²) in [4.78, 5) is 47.6. The van der Waals surface area contributed by atoms with Crippen LogP contribution >= 0.6 is 0 Å². The molecule has 43 heavy (non-hydrogen) atoms. The number of unbranched alkanes of at least 4 members (excludes halogenated alkanes) is 5. The van der Waals surface area contributed by atoms with Gasteiger partial charge in [-0.05, 0) is 63.1 Å². The highest BCUT2D eigenvalue weighted by molar-refractivity contribution is 5.94. The normalized spacial score (nSPS) is 14.4. The van der Waals surface area contributed by atoms with Crippen molar-refractivity contribution in [2.75, 3.05) is 20.3 Å². The van der Waals surface area contributed by atoms with Gasteiger partial charge in [-0.25, -0.2) is 15.6 Å². The number of methoxy groups -OCH3 is 1. The first-order valence-electron chi connectivity index (χ1n) is 14.9. The van der Waals surface area contributed by atoms with Gasteiger partial charge in [-0.1, -0.05) is 46.5 Å². The van der Waals surface area contributed by atoms with Crippen LogP contribution in [0.3, 0.4) is 0 Å². The summed E-state index contributed by atoms with van der Waals surface area (Å²) >= 11 is 0. The molecule has 0 saturated heterocycles. The van der Waals surface area contributed by atoms with Crippen molar-refractivity contribution in [3.8, 4) is 22.8 Å². The highest BCUT2D eigenvalue weighted by atomic mass is 16.6. The third-order valence-electron chi connectivity index (χ3n) is 7.49. The van der Waals surface area contributed by atoms with Gasteiger partial charge in [-0.15, -0.1) is 4.91 Å². The Bertz CT molecular complexity index is 1370. The predicted molar refractivity (Wildman–Crippen MR) is 165 cm³/mol. The van der Waals surface area contributed by atoms with Gasteiger partial charge in [0, 0.05) is 35.6 Å². The number of nitrogens with two attached hydrogens (primary N) is 1. The molecule has 3 rings (SSSR count). The molecule has 0 fully saturated rings. The van der Waals surface area contributed by atoms with Gasteiger partial charge in [0.2, 0.25) is 0 Å². The van der Waals surface area contributed by atoms with Crippen LogP contribution in [0.15, 0.2) is 34.4 Å². The Labute approximate surface area is 253 Å². The van der Waals surface area contributed by atoms with Crippen LogP contribution in [0.5, 0.6) is 11.5 Å². The average Bonchev–Trinajstić information content (AvgIpc) is 2.93. The molecule has 1 aliphatic rings. The van der Waals surface area contributed by atoms with Crippen LogP contribution in [-0.2, 0) is 11.2 Å². The molecule has 236 valence electrons. The Hall–Kier alpha value is -3.73. The standard InChI is InChI=1S/C32H46N4O7/c1-31(2,3)28-17-21-16-27(42-15-13-11-9-8-10-12-14-36(33)30(39)43-32(4,5)6)26(41-7)18-22(21)24-19-25(37)23(20-35(24)28)29(38)34-40/h16,18-20,28H,8-15,17,33H2,1-7H3. The van der Waals surface area contributed by atoms with Crippen molar-refractivity contribution < 1.29 is 23.8 Å². The third kappa shape index (κ3) is 8.89. The Morgan fingerprint density at radius 1 is 1.00 bits per heavy atom. The molecular formula is C32H46N4O7. The van der Waals surface area contributed by atoms with Crippen LogP contribution in [-0.4, -0.2) is 47.4 Å². The lowest BCUT2D eigenvalue weighted by Crippen LogP contribution is -2.41. The number of carbonyl (C=O) groups is 2. The van der Waals surface area contributed by atoms with E-state index < -0.39 is 23.0 Å². The molecule has 1 atom stereocenters. The van der Waals surface area contributed by atoms with Gasteiger partial charge >= 0.3 is 12.0 Å². The molecule has 1 unspecified atom stereocenters. The molecule has 1 aromatic carbocycles. The zero-order valence-electron chi connectivity index (χ0n) is 26.5. The predicted octanol–water partition coefficient (Wildman–Crippen LogP) is 6.40. The van der Waals surface area contributed by atoms with Gasteiger partial charge in [-0.2, -0.15) is 0 Å². The quantitative estimate of drug-likeness (QED) is 0.0972. The van der Waals surface area contributed by atoms with Crippen molar-refractivity contribution in [2.45, 2.75) is 98.1 Å². The van der Waals surface area contributed by atoms with Crippen LogP contribution < -0.4 is 20.7 Å². The Kier molecular flexibility index (Phi) is 11.1. The zero-order valence-corrected chi connectivity index (χ0v) is 26.5. The summed E-state index contributed by atoms with van der Waals surface area (Å²) in [5, 5.41) is 3.59. The summed E-state index contributed by atoms with van der Waals surface area (Å²) in [5.41, 5.74) is 0.942. The monoisotopic (exact) mass is 598 g/mol. The highest BCUT2D eigenvalue weighted by Gasteiger charge is 2.34. The molecule has 0 aliphatic carbocycles. The maximum atomic E-state index is 12.8. The van der Waals surface area contributed by atoms with Crippen LogP contribution in [0.4, 0.5) is 4.79 Å². The maximum absolute atomic E-state index is 12.8. The number of amides is 2. The largest absolute Gasteiger partial charge is 0.493 e. The highest BCUT2D eigenvalue weighted by Crippen LogP contribution is 2.45. The van der Waals surface area contributed by atoms with E-state index in [-0.39, 0.29) is 17.0 Å². The van der Waals surface area contributed by atoms with Gasteiger partial charge in [-0.3, -0.25) is 9.59 Å². The minimum Gasteiger partial charge on any atom is -0.493 e. The third-order valence-corrected chi connectivity index (χ3v) is 7.49. The van der Waals surface area contributed by atoms with E-state index in [0.29, 0.717) is 36.8 Å². The van der Waals surface area contributed by atoms with Crippen molar-refractivity contribution in [1.82, 2.24) is 9.58 Å². The lowest BCUT2D eigenvalue weighted by Gasteiger charge is -2.39. The Morgan fingerprint density at radius 2 is 1.65 bits per heavy atom. The number of nitroso groups, excluding NO2 is 1. The molecule has 2 N–H and O–H groups in total. The summed E-state index contributed by atoms with van der Waals surface area (Å²) in [6.07, 6.45) is 7.35. The fraction of sp³-hybridized carbons (Fsp3) is 0.594. The van der Waals surface area contributed by atoms with Crippen molar-refractivity contribution >= 4 is 12.0 Å². The van der Waals surface area contributed by atoms with Crippen molar-refractivity contribution in [1.29, 1.82) is 0 Å². The molecule has 0 saturated carbocycles. The van der Waals surface area contributed by atoms with E-state index in [0.717, 1.165) is 54.7 Å². The van der Waals surface area contributed by atoms with Crippen LogP contribution in [0.1, 0.15) is 102 Å². The zero-order chi connectivity index (χ0) is 31.9. The number of rotatable bonds is 12. The van der Waals surface area contributed by atoms with E-state index in [1.807, 2.05) is 37.5 Å². The second-order valence-electron chi connectivity index (χ2n) is 13.1. The first-order valence-corrected chi connectivity index (χ1v) is 14.9. The van der Waals surface area contributed by atoms with E-state index >= 15 is 0 Å². The van der Waals surface area contributed by atoms with Crippen LogP contribution in [0.25, 0.3) is 11.3 Å². The van der Waals surface area contributed by atoms with Gasteiger partial charge in [0.25, 0.3) is 0 Å². The molecule has 11 heteroatoms. The first kappa shape index (κ1) is 33.8. The maximum Gasteiger partial charge on any atom is 0.424 e. The minimum atomic E-state index is -1.07. The Morgan fingerprint density at radius 3 is 2.26 bits per heavy atom. The number of pyridine rings is 1. The SMILES string of the molecule is COc1cc2c(cc1OCCCCCCCCN(N)C(=O)OC(C)(C)C)CC(C(C)(C)C)n1cc(C(=O)N=O)c(=O)cc1-2. The van der Waals surface area contributed by atoms with E-state index in [9.17, 15) is 19.3 Å². The van der Waals surface area contributed by atoms with Crippen molar-refractivity contribution in [2.24, 2.45) is 16.4 Å². The van der Waals surface area contributed by atoms with E-state index in [2.05, 4.69) is 25.9 Å². The minimum absolute atomic E-state index is 0.0782. The van der Waals surface area contributed by atoms with Crippen molar-refractivity contribution in [3.63, 3.8) is 0 Å². The topological polar surface area (TPSA) is 143 Å². The molecule has 2 amide bonds. The van der Waals surface area contributed by atoms with Gasteiger partial charge in [0.05, 0.1) is 19.4 Å². The first-order chi connectivity index (χ1) is 20.2. The number of hydrazine groups is 1. The smallest absolute Gasteiger partial charge is 0.424 e. The van der Waals surface area contributed by atoms with E-state index in [4.69, 9.17) is 20.1 Å². The number of ether oxygens (including phenoxy) is 3. The number of carbonyl (C=O) groups excluding carboxylic acids is 2. The molecule has 2 aromatic rings. The molecule has 0 radical (unpaired) electrons. The molecule has 11 nitrogen and oxygen atoms in total. The fourth-order valence-electron chi connectivity index (χ4n) is 5.23. The summed E-state index contributed by atoms with van der Waals surface area (Å²) in [6, 6.07) is 5.17. The van der Waals surface area contributed by atoms with Crippen LogP contribution in [0, 0.1) is 10.3 Å². The number of hydrogen-bond donors (Lipinski definition) is 1. The van der Waals surface area contributed by atoms with E-state index in [1.54, 1.807) is 7.11 Å². The number of nitrogens with zero attached hydrogens (tertiary/aromatic N) is 3. The number of fused-ring (bicyclic) bond motifs is 3. The second-order valence-corrected chi connectivity index (χ2v) is 13.1. The Balaban J connectivity index is 1.59. The molecule has 1 aromatic heterocycles. The lowest BCUT2D eigenvalue weighted by atomic mass is 9.78. The van der Waals surface area contributed by atoms with Gasteiger partial charge in [0.1, 0.15) is 11.2 Å². The lowest BCUT2D eigenvalue weighted by molar-refractivity contribution is 0.0244. The summed E-state index contributed by atoms with van der Waals surface area (Å²) in [6.45, 7) is 12.7. The van der Waals surface area contributed by atoms with Crippen LogP contribution in [0.2, 0.25) is 0 Å². The average molecular weight is 599 g/mol. The summed E-state index contributed by atoms with van der Waals surface area (Å²) in [7, 11) is 1.57. The van der Waals surface area contributed by atoms with Crippen molar-refractivity contribution in [3.05, 3.63) is 50.7 Å². The van der Waals surface area contributed by atoms with Gasteiger partial charge < -0.3 is 18.8 Å². The molecular weight excluding hydrogens is 552 g/mol. The van der Waals surface area contributed by atoms with E-state index in [1.165, 1.54) is 12.3 Å². The molecule has 0 spiro atoms. The van der Waals surface area contributed by atoms with Gasteiger partial charge in [0.15, 0.2) is 16.9 Å².